The molecular weight excluding hydrogens is 338 g/mol. The molecular formula is C16H13N7OS. The summed E-state index contributed by atoms with van der Waals surface area (Å²) in [5, 5.41) is 16.9. The van der Waals surface area contributed by atoms with Crippen molar-refractivity contribution in [3.05, 3.63) is 60.7 Å². The molecule has 4 rings (SSSR count). The Labute approximate surface area is 147 Å². The van der Waals surface area contributed by atoms with Gasteiger partial charge in [-0.05, 0) is 24.3 Å². The molecule has 0 bridgehead atoms. The lowest BCUT2D eigenvalue weighted by atomic mass is 10.2. The number of thioether (sulfide) groups is 1. The van der Waals surface area contributed by atoms with Crippen LogP contribution < -0.4 is 5.84 Å². The number of nitrogens with zero attached hydrogens (tertiary/aromatic N) is 6. The van der Waals surface area contributed by atoms with Crippen molar-refractivity contribution >= 4 is 11.8 Å². The van der Waals surface area contributed by atoms with E-state index in [9.17, 15) is 0 Å². The third-order valence-electron chi connectivity index (χ3n) is 3.40. The SMILES string of the molecule is Nn1c(SCc2nnc(-c3ccccc3)o2)nnc1-c1cccnc1. The second-order valence-corrected chi connectivity index (χ2v) is 6.02. The predicted molar refractivity (Wildman–Crippen MR) is 92.7 cm³/mol. The van der Waals surface area contributed by atoms with Gasteiger partial charge in [-0.15, -0.1) is 20.4 Å². The molecule has 25 heavy (non-hydrogen) atoms. The Bertz CT molecular complexity index is 969. The van der Waals surface area contributed by atoms with E-state index in [-0.39, 0.29) is 0 Å². The van der Waals surface area contributed by atoms with Crippen LogP contribution in [0.3, 0.4) is 0 Å². The topological polar surface area (TPSA) is 109 Å². The highest BCUT2D eigenvalue weighted by Crippen LogP contribution is 2.25. The Morgan fingerprint density at radius 3 is 2.60 bits per heavy atom. The molecule has 0 aliphatic heterocycles. The van der Waals surface area contributed by atoms with Crippen LogP contribution in [-0.4, -0.2) is 30.1 Å². The molecule has 2 N–H and O–H groups in total. The van der Waals surface area contributed by atoms with Gasteiger partial charge in [-0.2, -0.15) is 0 Å². The highest BCUT2D eigenvalue weighted by molar-refractivity contribution is 7.98. The first-order valence-corrected chi connectivity index (χ1v) is 8.41. The van der Waals surface area contributed by atoms with E-state index in [1.165, 1.54) is 16.4 Å². The number of hydrogen-bond acceptors (Lipinski definition) is 8. The van der Waals surface area contributed by atoms with Crippen LogP contribution >= 0.6 is 11.8 Å². The first-order valence-electron chi connectivity index (χ1n) is 7.43. The number of hydrogen-bond donors (Lipinski definition) is 1. The highest BCUT2D eigenvalue weighted by atomic mass is 32.2. The first kappa shape index (κ1) is 15.3. The molecule has 9 heteroatoms. The monoisotopic (exact) mass is 351 g/mol. The van der Waals surface area contributed by atoms with E-state index in [0.717, 1.165) is 11.1 Å². The van der Waals surface area contributed by atoms with Gasteiger partial charge < -0.3 is 10.3 Å². The van der Waals surface area contributed by atoms with Gasteiger partial charge in [-0.3, -0.25) is 4.98 Å². The van der Waals surface area contributed by atoms with E-state index in [1.54, 1.807) is 12.4 Å². The summed E-state index contributed by atoms with van der Waals surface area (Å²) in [4.78, 5) is 4.06. The number of rotatable bonds is 5. The summed E-state index contributed by atoms with van der Waals surface area (Å²) in [6, 6.07) is 13.3. The van der Waals surface area contributed by atoms with Crippen molar-refractivity contribution in [1.29, 1.82) is 0 Å². The van der Waals surface area contributed by atoms with Crippen LogP contribution in [0.5, 0.6) is 0 Å². The minimum atomic E-state index is 0.447. The fourth-order valence-electron chi connectivity index (χ4n) is 2.20. The average Bonchev–Trinajstić information content (AvgIpc) is 3.28. The van der Waals surface area contributed by atoms with Gasteiger partial charge in [-0.25, -0.2) is 4.68 Å². The fourth-order valence-corrected chi connectivity index (χ4v) is 2.90. The van der Waals surface area contributed by atoms with Crippen molar-refractivity contribution in [2.45, 2.75) is 10.9 Å². The van der Waals surface area contributed by atoms with Crippen LogP contribution in [0.2, 0.25) is 0 Å². The van der Waals surface area contributed by atoms with Gasteiger partial charge >= 0.3 is 0 Å². The zero-order chi connectivity index (χ0) is 17.1. The van der Waals surface area contributed by atoms with E-state index in [2.05, 4.69) is 25.4 Å². The molecule has 1 aromatic carbocycles. The molecule has 0 atom stereocenters. The van der Waals surface area contributed by atoms with Crippen LogP contribution in [-0.2, 0) is 5.75 Å². The summed E-state index contributed by atoms with van der Waals surface area (Å²) in [6.07, 6.45) is 3.38. The normalized spacial score (nSPS) is 10.9. The van der Waals surface area contributed by atoms with E-state index >= 15 is 0 Å². The summed E-state index contributed by atoms with van der Waals surface area (Å²) in [5.74, 6) is 8.05. The Kier molecular flexibility index (Phi) is 4.13. The number of aromatic nitrogens is 6. The predicted octanol–water partition coefficient (Wildman–Crippen LogP) is 2.40. The Morgan fingerprint density at radius 1 is 0.960 bits per heavy atom. The van der Waals surface area contributed by atoms with Gasteiger partial charge in [0.25, 0.3) is 0 Å². The van der Waals surface area contributed by atoms with Gasteiger partial charge in [0.1, 0.15) is 0 Å². The third kappa shape index (κ3) is 3.22. The summed E-state index contributed by atoms with van der Waals surface area (Å²) in [5.41, 5.74) is 1.68. The molecule has 124 valence electrons. The van der Waals surface area contributed by atoms with Crippen LogP contribution in [0.4, 0.5) is 0 Å². The molecule has 0 radical (unpaired) electrons. The minimum Gasteiger partial charge on any atom is -0.420 e. The van der Waals surface area contributed by atoms with Crippen molar-refractivity contribution in [1.82, 2.24) is 30.1 Å². The number of benzene rings is 1. The van der Waals surface area contributed by atoms with Gasteiger partial charge in [-0.1, -0.05) is 30.0 Å². The molecule has 0 aliphatic rings. The molecule has 0 spiro atoms. The Morgan fingerprint density at radius 2 is 1.80 bits per heavy atom. The Hall–Kier alpha value is -3.20. The molecule has 0 fully saturated rings. The summed E-state index contributed by atoms with van der Waals surface area (Å²) in [6.45, 7) is 0. The van der Waals surface area contributed by atoms with Crippen molar-refractivity contribution < 1.29 is 4.42 Å². The lowest BCUT2D eigenvalue weighted by molar-refractivity contribution is 0.528. The Balaban J connectivity index is 1.48. The number of nitrogen functional groups attached to an aromatic ring is 1. The fraction of sp³-hybridized carbons (Fsp3) is 0.0625. The first-order chi connectivity index (χ1) is 12.3. The molecule has 8 nitrogen and oxygen atoms in total. The molecule has 4 aromatic rings. The van der Waals surface area contributed by atoms with Crippen LogP contribution in [0.25, 0.3) is 22.8 Å². The van der Waals surface area contributed by atoms with Gasteiger partial charge in [0.2, 0.25) is 16.9 Å². The average molecular weight is 351 g/mol. The van der Waals surface area contributed by atoms with Crippen LogP contribution in [0, 0.1) is 0 Å². The maximum absolute atomic E-state index is 6.07. The number of nitrogens with two attached hydrogens (primary N) is 1. The van der Waals surface area contributed by atoms with Crippen molar-refractivity contribution in [2.75, 3.05) is 5.84 Å². The minimum absolute atomic E-state index is 0.447. The summed E-state index contributed by atoms with van der Waals surface area (Å²) in [7, 11) is 0. The van der Waals surface area contributed by atoms with E-state index in [0.29, 0.717) is 28.5 Å². The summed E-state index contributed by atoms with van der Waals surface area (Å²) >= 11 is 1.37. The molecule has 0 unspecified atom stereocenters. The molecule has 0 amide bonds. The lowest BCUT2D eigenvalue weighted by Crippen LogP contribution is -2.11. The van der Waals surface area contributed by atoms with Gasteiger partial charge in [0, 0.05) is 23.5 Å². The zero-order valence-electron chi connectivity index (χ0n) is 13.0. The maximum atomic E-state index is 6.07. The molecule has 3 heterocycles. The lowest BCUT2D eigenvalue weighted by Gasteiger charge is -2.02. The highest BCUT2D eigenvalue weighted by Gasteiger charge is 2.14. The second-order valence-electron chi connectivity index (χ2n) is 5.07. The maximum Gasteiger partial charge on any atom is 0.247 e. The van der Waals surface area contributed by atoms with Crippen molar-refractivity contribution in [3.8, 4) is 22.8 Å². The third-order valence-corrected chi connectivity index (χ3v) is 4.32. The van der Waals surface area contributed by atoms with E-state index < -0.39 is 0 Å². The quantitative estimate of drug-likeness (QED) is 0.431. The van der Waals surface area contributed by atoms with Gasteiger partial charge in [0.05, 0.1) is 5.75 Å². The van der Waals surface area contributed by atoms with Crippen molar-refractivity contribution in [2.24, 2.45) is 0 Å². The van der Waals surface area contributed by atoms with E-state index in [4.69, 9.17) is 10.3 Å². The number of pyridine rings is 1. The van der Waals surface area contributed by atoms with Crippen molar-refractivity contribution in [3.63, 3.8) is 0 Å². The smallest absolute Gasteiger partial charge is 0.247 e. The molecule has 0 saturated carbocycles. The molecule has 0 aliphatic carbocycles. The standard InChI is InChI=1S/C16H13N7OS/c17-23-14(12-7-4-8-18-9-12)20-22-16(23)25-10-13-19-21-15(24-13)11-5-2-1-3-6-11/h1-9H,10,17H2. The molecule has 0 saturated heterocycles. The van der Waals surface area contributed by atoms with Crippen LogP contribution in [0.1, 0.15) is 5.89 Å². The van der Waals surface area contributed by atoms with Gasteiger partial charge in [0.15, 0.2) is 5.82 Å². The van der Waals surface area contributed by atoms with E-state index in [1.807, 2.05) is 42.5 Å². The second kappa shape index (κ2) is 6.73. The molecule has 3 aromatic heterocycles. The summed E-state index contributed by atoms with van der Waals surface area (Å²) < 4.78 is 7.10. The largest absolute Gasteiger partial charge is 0.420 e. The van der Waals surface area contributed by atoms with Crippen LogP contribution in [0.15, 0.2) is 64.4 Å². The zero-order valence-corrected chi connectivity index (χ0v) is 13.8.